The maximum absolute atomic E-state index is 11.4. The Bertz CT molecular complexity index is 905. The minimum atomic E-state index is 0.103. The molecule has 0 heterocycles. The topological polar surface area (TPSA) is 51.2 Å². The Labute approximate surface area is 222 Å². The van der Waals surface area contributed by atoms with Gasteiger partial charge >= 0.3 is 0 Å². The average Bonchev–Trinajstić information content (AvgIpc) is 2.65. The lowest BCUT2D eigenvalue weighted by atomic mass is 9.65. The van der Waals surface area contributed by atoms with Gasteiger partial charge in [0, 0.05) is 11.8 Å². The van der Waals surface area contributed by atoms with Gasteiger partial charge < -0.3 is 0 Å². The molecule has 0 N–H and O–H groups in total. The molecule has 0 radical (unpaired) electrons. The first-order valence-electron chi connectivity index (χ1n) is 13.9. The molecule has 0 saturated heterocycles. The Kier molecular flexibility index (Phi) is 11.3. The molecule has 204 valence electrons. The summed E-state index contributed by atoms with van der Waals surface area (Å²) in [4.78, 5) is 34.1. The van der Waals surface area contributed by atoms with Gasteiger partial charge in [0.15, 0.2) is 5.78 Å². The summed E-state index contributed by atoms with van der Waals surface area (Å²) in [5.74, 6) is 1.12. The summed E-state index contributed by atoms with van der Waals surface area (Å²) in [5, 5.41) is 0. The van der Waals surface area contributed by atoms with Crippen molar-refractivity contribution in [2.75, 3.05) is 0 Å². The van der Waals surface area contributed by atoms with Crippen LogP contribution in [0, 0.1) is 28.1 Å². The number of ketones is 3. The van der Waals surface area contributed by atoms with Crippen LogP contribution in [0.4, 0.5) is 0 Å². The molecule has 2 atom stereocenters. The largest absolute Gasteiger partial charge is 0.299 e. The quantitative estimate of drug-likeness (QED) is 0.365. The molecule has 3 aliphatic carbocycles. The lowest BCUT2D eigenvalue weighted by molar-refractivity contribution is -0.124. The zero-order valence-electron chi connectivity index (χ0n) is 25.3. The molecular formula is C33H54O3. The van der Waals surface area contributed by atoms with Gasteiger partial charge in [-0.1, -0.05) is 70.9 Å². The summed E-state index contributed by atoms with van der Waals surface area (Å²) in [5.41, 5.74) is 5.21. The van der Waals surface area contributed by atoms with Crippen LogP contribution in [0.1, 0.15) is 128 Å². The van der Waals surface area contributed by atoms with E-state index in [0.29, 0.717) is 5.78 Å². The zero-order valence-corrected chi connectivity index (χ0v) is 25.3. The number of carbonyl (C=O) groups is 3. The summed E-state index contributed by atoms with van der Waals surface area (Å²) in [7, 11) is 0. The van der Waals surface area contributed by atoms with Crippen molar-refractivity contribution in [1.82, 2.24) is 0 Å². The molecule has 0 aromatic rings. The van der Waals surface area contributed by atoms with Crippen LogP contribution in [0.3, 0.4) is 0 Å². The van der Waals surface area contributed by atoms with Crippen LogP contribution in [0.25, 0.3) is 0 Å². The molecule has 3 rings (SSSR count). The van der Waals surface area contributed by atoms with E-state index in [-0.39, 0.29) is 39.6 Å². The molecule has 0 aromatic carbocycles. The predicted octanol–water partition coefficient (Wildman–Crippen LogP) is 9.02. The molecule has 0 bridgehead atoms. The number of hydrogen-bond acceptors (Lipinski definition) is 3. The van der Waals surface area contributed by atoms with Crippen molar-refractivity contribution in [2.24, 2.45) is 28.1 Å². The van der Waals surface area contributed by atoms with Gasteiger partial charge in [0.1, 0.15) is 11.6 Å². The lowest BCUT2D eigenvalue weighted by Gasteiger charge is -2.38. The summed E-state index contributed by atoms with van der Waals surface area (Å²) >= 11 is 0. The fraction of sp³-hybridized carbons (Fsp3) is 0.727. The standard InChI is InChI=1S/3C11H18O/c3*1-8-6-5-7-11(3,4)10(8)9(2)12/h5-7H2,1-4H3;6,10H,5,7H2,1-4H3;10H,1,5-7H2,2-4H3. The highest BCUT2D eigenvalue weighted by atomic mass is 16.1. The molecule has 0 aromatic heterocycles. The minimum Gasteiger partial charge on any atom is -0.299 e. The maximum Gasteiger partial charge on any atom is 0.156 e. The van der Waals surface area contributed by atoms with Crippen molar-refractivity contribution < 1.29 is 14.4 Å². The van der Waals surface area contributed by atoms with Crippen LogP contribution in [0.15, 0.2) is 34.9 Å². The molecule has 3 aliphatic rings. The van der Waals surface area contributed by atoms with Gasteiger partial charge in [0.2, 0.25) is 0 Å². The SMILES string of the molecule is C=C1CCCC(C)(C)C1C(C)=O.CC(=O)C1=C(C)CCCC1(C)C.CC(=O)C1C(C)=CCCC1(C)C. The van der Waals surface area contributed by atoms with E-state index >= 15 is 0 Å². The molecule has 0 amide bonds. The predicted molar refractivity (Wildman–Crippen MR) is 153 cm³/mol. The van der Waals surface area contributed by atoms with Gasteiger partial charge in [-0.3, -0.25) is 14.4 Å². The zero-order chi connectivity index (χ0) is 28.1. The Balaban J connectivity index is 0.000000270. The first-order chi connectivity index (χ1) is 16.3. The number of carbonyl (C=O) groups excluding carboxylic acids is 3. The van der Waals surface area contributed by atoms with Crippen LogP contribution < -0.4 is 0 Å². The molecule has 0 aliphatic heterocycles. The Morgan fingerprint density at radius 1 is 0.778 bits per heavy atom. The van der Waals surface area contributed by atoms with Crippen LogP contribution >= 0.6 is 0 Å². The normalized spacial score (nSPS) is 26.4. The van der Waals surface area contributed by atoms with Crippen molar-refractivity contribution in [3.8, 4) is 0 Å². The summed E-state index contributed by atoms with van der Waals surface area (Å²) in [6, 6.07) is 0. The van der Waals surface area contributed by atoms with E-state index in [9.17, 15) is 14.4 Å². The number of allylic oxidation sites excluding steroid dienone is 5. The number of hydrogen-bond donors (Lipinski definition) is 0. The van der Waals surface area contributed by atoms with Crippen molar-refractivity contribution in [3.63, 3.8) is 0 Å². The first-order valence-corrected chi connectivity index (χ1v) is 13.9. The van der Waals surface area contributed by atoms with Crippen LogP contribution in [-0.2, 0) is 14.4 Å². The number of rotatable bonds is 3. The van der Waals surface area contributed by atoms with Crippen LogP contribution in [-0.4, -0.2) is 17.3 Å². The molecule has 3 nitrogen and oxygen atoms in total. The fourth-order valence-corrected chi connectivity index (χ4v) is 7.27. The van der Waals surface area contributed by atoms with Gasteiger partial charge in [-0.15, -0.1) is 0 Å². The molecule has 3 heteroatoms. The van der Waals surface area contributed by atoms with Gasteiger partial charge in [-0.2, -0.15) is 0 Å². The minimum absolute atomic E-state index is 0.103. The van der Waals surface area contributed by atoms with E-state index in [1.807, 2.05) is 0 Å². The van der Waals surface area contributed by atoms with E-state index < -0.39 is 0 Å². The van der Waals surface area contributed by atoms with Crippen molar-refractivity contribution >= 4 is 17.3 Å². The van der Waals surface area contributed by atoms with Crippen molar-refractivity contribution in [1.29, 1.82) is 0 Å². The monoisotopic (exact) mass is 498 g/mol. The van der Waals surface area contributed by atoms with Gasteiger partial charge in [0.25, 0.3) is 0 Å². The maximum atomic E-state index is 11.4. The Morgan fingerprint density at radius 2 is 1.28 bits per heavy atom. The van der Waals surface area contributed by atoms with E-state index in [2.05, 4.69) is 68.0 Å². The molecule has 1 saturated carbocycles. The van der Waals surface area contributed by atoms with E-state index in [0.717, 1.165) is 49.7 Å². The van der Waals surface area contributed by atoms with E-state index in [1.165, 1.54) is 24.0 Å². The van der Waals surface area contributed by atoms with Gasteiger partial charge in [-0.25, -0.2) is 0 Å². The highest BCUT2D eigenvalue weighted by Gasteiger charge is 2.37. The third kappa shape index (κ3) is 8.38. The average molecular weight is 499 g/mol. The van der Waals surface area contributed by atoms with Crippen LogP contribution in [0.5, 0.6) is 0 Å². The van der Waals surface area contributed by atoms with E-state index in [1.54, 1.807) is 20.8 Å². The molecule has 1 fully saturated rings. The molecule has 0 spiro atoms. The third-order valence-electron chi connectivity index (χ3n) is 8.62. The molecule has 2 unspecified atom stereocenters. The van der Waals surface area contributed by atoms with Gasteiger partial charge in [-0.05, 0) is 108 Å². The second-order valence-corrected chi connectivity index (χ2v) is 13.5. The smallest absolute Gasteiger partial charge is 0.156 e. The molecule has 36 heavy (non-hydrogen) atoms. The van der Waals surface area contributed by atoms with Crippen molar-refractivity contribution in [2.45, 2.75) is 128 Å². The highest BCUT2D eigenvalue weighted by Crippen LogP contribution is 2.44. The van der Waals surface area contributed by atoms with E-state index in [4.69, 9.17) is 0 Å². The second kappa shape index (κ2) is 12.7. The first kappa shape index (κ1) is 32.3. The number of Topliss-reactive ketones (excluding diaryl/α,β-unsaturated/α-hetero) is 3. The van der Waals surface area contributed by atoms with Crippen molar-refractivity contribution in [3.05, 3.63) is 34.9 Å². The summed E-state index contributed by atoms with van der Waals surface area (Å²) in [6.07, 6.45) is 11.3. The summed E-state index contributed by atoms with van der Waals surface area (Å²) < 4.78 is 0. The highest BCUT2D eigenvalue weighted by molar-refractivity contribution is 5.95. The van der Waals surface area contributed by atoms with Gasteiger partial charge in [0.05, 0.1) is 0 Å². The third-order valence-corrected chi connectivity index (χ3v) is 8.62. The second-order valence-electron chi connectivity index (χ2n) is 13.5. The summed E-state index contributed by atoms with van der Waals surface area (Å²) in [6.45, 7) is 26.3. The molecular weight excluding hydrogens is 444 g/mol. The Hall–Kier alpha value is -1.77. The lowest BCUT2D eigenvalue weighted by Crippen LogP contribution is -2.34. The van der Waals surface area contributed by atoms with Crippen LogP contribution in [0.2, 0.25) is 0 Å². The fourth-order valence-electron chi connectivity index (χ4n) is 7.27. The Morgan fingerprint density at radius 3 is 1.61 bits per heavy atom.